The highest BCUT2D eigenvalue weighted by molar-refractivity contribution is 5.39. The van der Waals surface area contributed by atoms with Crippen molar-refractivity contribution in [3.8, 4) is 6.07 Å². The van der Waals surface area contributed by atoms with Gasteiger partial charge >= 0.3 is 0 Å². The van der Waals surface area contributed by atoms with E-state index >= 15 is 0 Å². The van der Waals surface area contributed by atoms with Crippen LogP contribution in [0, 0.1) is 11.3 Å². The fraction of sp³-hybridized carbons (Fsp3) is 0.611. The van der Waals surface area contributed by atoms with E-state index in [9.17, 15) is 0 Å². The van der Waals surface area contributed by atoms with Crippen LogP contribution >= 0.6 is 0 Å². The molecule has 1 aliphatic carbocycles. The van der Waals surface area contributed by atoms with Gasteiger partial charge < -0.3 is 5.73 Å². The molecule has 1 fully saturated rings. The van der Waals surface area contributed by atoms with Crippen molar-refractivity contribution in [2.75, 3.05) is 13.1 Å². The lowest BCUT2D eigenvalue weighted by atomic mass is 9.80. The van der Waals surface area contributed by atoms with Gasteiger partial charge in [-0.25, -0.2) is 0 Å². The Morgan fingerprint density at radius 1 is 1.19 bits per heavy atom. The Bertz CT molecular complexity index is 538. The zero-order valence-corrected chi connectivity index (χ0v) is 12.8. The number of benzene rings is 1. The number of hydrogen-bond donors (Lipinski definition) is 1. The standard InChI is InChI=1S/C18H25N3/c19-13-15-4-5-16-6-10-21(14-17(16)12-15)11-9-18(20)7-2-1-3-8-18/h4-5,12H,1-3,6-11,14,20H2. The Morgan fingerprint density at radius 2 is 2.00 bits per heavy atom. The zero-order chi connectivity index (χ0) is 14.7. The molecule has 3 nitrogen and oxygen atoms in total. The number of nitrogens with zero attached hydrogens (tertiary/aromatic N) is 2. The molecule has 0 radical (unpaired) electrons. The third-order valence-corrected chi connectivity index (χ3v) is 5.20. The summed E-state index contributed by atoms with van der Waals surface area (Å²) in [6, 6.07) is 8.36. The van der Waals surface area contributed by atoms with Gasteiger partial charge in [-0.1, -0.05) is 25.3 Å². The quantitative estimate of drug-likeness (QED) is 0.928. The fourth-order valence-electron chi connectivity index (χ4n) is 3.76. The van der Waals surface area contributed by atoms with Gasteiger partial charge in [0.2, 0.25) is 0 Å². The molecule has 0 bridgehead atoms. The second-order valence-electron chi connectivity index (χ2n) is 6.79. The number of hydrogen-bond acceptors (Lipinski definition) is 3. The Morgan fingerprint density at radius 3 is 2.76 bits per heavy atom. The summed E-state index contributed by atoms with van der Waals surface area (Å²) in [6.07, 6.45) is 8.54. The molecule has 1 aromatic carbocycles. The van der Waals surface area contributed by atoms with E-state index in [1.54, 1.807) is 0 Å². The van der Waals surface area contributed by atoms with E-state index < -0.39 is 0 Å². The second kappa shape index (κ2) is 6.17. The molecule has 0 atom stereocenters. The van der Waals surface area contributed by atoms with Gasteiger partial charge in [0.05, 0.1) is 11.6 Å². The molecule has 21 heavy (non-hydrogen) atoms. The lowest BCUT2D eigenvalue weighted by Gasteiger charge is -2.36. The summed E-state index contributed by atoms with van der Waals surface area (Å²) >= 11 is 0. The fourth-order valence-corrected chi connectivity index (χ4v) is 3.76. The summed E-state index contributed by atoms with van der Waals surface area (Å²) in [7, 11) is 0. The normalized spacial score (nSPS) is 21.5. The summed E-state index contributed by atoms with van der Waals surface area (Å²) in [6.45, 7) is 3.18. The van der Waals surface area contributed by atoms with Crippen LogP contribution in [0.5, 0.6) is 0 Å². The largest absolute Gasteiger partial charge is 0.325 e. The Hall–Kier alpha value is -1.37. The summed E-state index contributed by atoms with van der Waals surface area (Å²) in [4.78, 5) is 2.51. The topological polar surface area (TPSA) is 53.0 Å². The third-order valence-electron chi connectivity index (χ3n) is 5.20. The van der Waals surface area contributed by atoms with Gasteiger partial charge in [-0.2, -0.15) is 5.26 Å². The predicted octanol–water partition coefficient (Wildman–Crippen LogP) is 2.97. The lowest BCUT2D eigenvalue weighted by molar-refractivity contribution is 0.197. The maximum absolute atomic E-state index is 9.03. The molecular weight excluding hydrogens is 258 g/mol. The first kappa shape index (κ1) is 14.6. The van der Waals surface area contributed by atoms with Gasteiger partial charge in [-0.15, -0.1) is 0 Å². The first-order chi connectivity index (χ1) is 10.2. The smallest absolute Gasteiger partial charge is 0.0991 e. The summed E-state index contributed by atoms with van der Waals surface area (Å²) < 4.78 is 0. The van der Waals surface area contributed by atoms with Gasteiger partial charge in [0.15, 0.2) is 0 Å². The molecule has 2 aliphatic rings. The molecule has 2 N–H and O–H groups in total. The molecule has 0 saturated heterocycles. The maximum atomic E-state index is 9.03. The highest BCUT2D eigenvalue weighted by atomic mass is 15.1. The van der Waals surface area contributed by atoms with Crippen LogP contribution in [0.1, 0.15) is 55.2 Å². The number of fused-ring (bicyclic) bond motifs is 1. The van der Waals surface area contributed by atoms with Gasteiger partial charge in [-0.3, -0.25) is 4.90 Å². The first-order valence-corrected chi connectivity index (χ1v) is 8.22. The Kier molecular flexibility index (Phi) is 4.28. The van der Waals surface area contributed by atoms with Crippen LogP contribution in [0.25, 0.3) is 0 Å². The van der Waals surface area contributed by atoms with Gasteiger partial charge in [0.25, 0.3) is 0 Å². The predicted molar refractivity (Wildman–Crippen MR) is 84.8 cm³/mol. The minimum atomic E-state index is 0.0764. The van der Waals surface area contributed by atoms with E-state index in [-0.39, 0.29) is 5.54 Å². The van der Waals surface area contributed by atoms with Gasteiger partial charge in [0, 0.05) is 25.2 Å². The molecule has 1 aromatic rings. The molecule has 112 valence electrons. The Balaban J connectivity index is 1.59. The molecule has 3 rings (SSSR count). The van der Waals surface area contributed by atoms with Gasteiger partial charge in [-0.05, 0) is 48.9 Å². The van der Waals surface area contributed by atoms with Crippen LogP contribution in [-0.2, 0) is 13.0 Å². The first-order valence-electron chi connectivity index (χ1n) is 8.22. The minimum Gasteiger partial charge on any atom is -0.325 e. The molecular formula is C18H25N3. The molecule has 0 amide bonds. The number of nitrogens with two attached hydrogens (primary N) is 1. The highest BCUT2D eigenvalue weighted by Crippen LogP contribution is 2.29. The number of nitriles is 1. The van der Waals surface area contributed by atoms with E-state index in [2.05, 4.69) is 23.1 Å². The average molecular weight is 283 g/mol. The van der Waals surface area contributed by atoms with E-state index in [4.69, 9.17) is 11.0 Å². The lowest BCUT2D eigenvalue weighted by Crippen LogP contribution is -2.45. The summed E-state index contributed by atoms with van der Waals surface area (Å²) in [5.74, 6) is 0. The molecule has 1 aliphatic heterocycles. The van der Waals surface area contributed by atoms with Crippen molar-refractivity contribution in [1.29, 1.82) is 5.26 Å². The van der Waals surface area contributed by atoms with Crippen molar-refractivity contribution in [3.05, 3.63) is 34.9 Å². The van der Waals surface area contributed by atoms with Crippen LogP contribution in [0.15, 0.2) is 18.2 Å². The van der Waals surface area contributed by atoms with Crippen LogP contribution in [-0.4, -0.2) is 23.5 Å². The van der Waals surface area contributed by atoms with Crippen molar-refractivity contribution in [2.24, 2.45) is 5.73 Å². The molecule has 1 heterocycles. The summed E-state index contributed by atoms with van der Waals surface area (Å²) in [5.41, 5.74) is 10.1. The van der Waals surface area contributed by atoms with Crippen molar-refractivity contribution in [3.63, 3.8) is 0 Å². The zero-order valence-electron chi connectivity index (χ0n) is 12.8. The van der Waals surface area contributed by atoms with E-state index in [1.165, 1.54) is 43.2 Å². The molecule has 1 saturated carbocycles. The molecule has 3 heteroatoms. The third kappa shape index (κ3) is 3.45. The maximum Gasteiger partial charge on any atom is 0.0991 e. The van der Waals surface area contributed by atoms with E-state index in [1.807, 2.05) is 6.07 Å². The monoisotopic (exact) mass is 283 g/mol. The molecule has 0 aromatic heterocycles. The van der Waals surface area contributed by atoms with Crippen LogP contribution in [0.2, 0.25) is 0 Å². The van der Waals surface area contributed by atoms with Crippen molar-refractivity contribution in [2.45, 2.75) is 57.0 Å². The van der Waals surface area contributed by atoms with Crippen molar-refractivity contribution < 1.29 is 0 Å². The number of rotatable bonds is 3. The summed E-state index contributed by atoms with van der Waals surface area (Å²) in [5, 5.41) is 9.03. The second-order valence-corrected chi connectivity index (χ2v) is 6.79. The van der Waals surface area contributed by atoms with Crippen molar-refractivity contribution >= 4 is 0 Å². The average Bonchev–Trinajstić information content (AvgIpc) is 2.53. The molecule has 0 spiro atoms. The van der Waals surface area contributed by atoms with Crippen LogP contribution in [0.3, 0.4) is 0 Å². The van der Waals surface area contributed by atoms with Crippen LogP contribution in [0.4, 0.5) is 0 Å². The van der Waals surface area contributed by atoms with E-state index in [0.29, 0.717) is 0 Å². The van der Waals surface area contributed by atoms with Crippen molar-refractivity contribution in [1.82, 2.24) is 4.90 Å². The van der Waals surface area contributed by atoms with E-state index in [0.717, 1.165) is 38.0 Å². The van der Waals surface area contributed by atoms with Crippen LogP contribution < -0.4 is 5.73 Å². The van der Waals surface area contributed by atoms with Gasteiger partial charge in [0.1, 0.15) is 0 Å². The minimum absolute atomic E-state index is 0.0764. The SMILES string of the molecule is N#Cc1ccc2c(c1)CN(CCC1(N)CCCCC1)CC2. The molecule has 0 unspecified atom stereocenters. The highest BCUT2D eigenvalue weighted by Gasteiger charge is 2.28. The Labute approximate surface area is 127 Å².